The van der Waals surface area contributed by atoms with Crippen LogP contribution in [0.2, 0.25) is 0 Å². The number of anilines is 2. The highest BCUT2D eigenvalue weighted by atomic mass is 19.1. The van der Waals surface area contributed by atoms with Gasteiger partial charge >= 0.3 is 0 Å². The number of carbonyl (C=O) groups excluding carboxylic acids is 1. The maximum atomic E-state index is 14.5. The predicted octanol–water partition coefficient (Wildman–Crippen LogP) is 2.54. The molecule has 0 atom stereocenters. The summed E-state index contributed by atoms with van der Waals surface area (Å²) in [5, 5.41) is 2.84. The van der Waals surface area contributed by atoms with Crippen LogP contribution in [0.5, 0.6) is 5.75 Å². The maximum absolute atomic E-state index is 14.5. The van der Waals surface area contributed by atoms with Crippen molar-refractivity contribution in [2.24, 2.45) is 0 Å². The van der Waals surface area contributed by atoms with E-state index in [2.05, 4.69) is 27.1 Å². The average Bonchev–Trinajstić information content (AvgIpc) is 2.82. The molecule has 0 aliphatic carbocycles. The number of halogens is 1. The van der Waals surface area contributed by atoms with Gasteiger partial charge in [-0.25, -0.2) is 4.39 Å². The molecule has 1 N–H and O–H groups in total. The SMILES string of the molecule is CN1CCN(c2ccc(NC(=O)c3ccc(OCCN4CCOCC4)c(F)c3)cc2)CC1. The minimum atomic E-state index is -0.537. The molecule has 0 radical (unpaired) electrons. The summed E-state index contributed by atoms with van der Waals surface area (Å²) in [6.45, 7) is 8.33. The Morgan fingerprint density at radius 1 is 1.03 bits per heavy atom. The summed E-state index contributed by atoms with van der Waals surface area (Å²) in [5.74, 6) is -0.729. The molecular weight excluding hydrogens is 411 g/mol. The van der Waals surface area contributed by atoms with Crippen molar-refractivity contribution < 1.29 is 18.7 Å². The number of piperazine rings is 1. The van der Waals surface area contributed by atoms with Crippen LogP contribution in [0.15, 0.2) is 42.5 Å². The largest absolute Gasteiger partial charge is 0.489 e. The summed E-state index contributed by atoms with van der Waals surface area (Å²) >= 11 is 0. The van der Waals surface area contributed by atoms with Crippen LogP contribution < -0.4 is 15.0 Å². The second-order valence-corrected chi connectivity index (χ2v) is 8.24. The van der Waals surface area contributed by atoms with E-state index < -0.39 is 5.82 Å². The Hall–Kier alpha value is -2.68. The van der Waals surface area contributed by atoms with Crippen LogP contribution in [-0.2, 0) is 4.74 Å². The highest BCUT2D eigenvalue weighted by Gasteiger charge is 2.15. The number of morpholine rings is 1. The van der Waals surface area contributed by atoms with Gasteiger partial charge in [0.2, 0.25) is 0 Å². The maximum Gasteiger partial charge on any atom is 0.255 e. The third-order valence-electron chi connectivity index (χ3n) is 5.96. The number of benzene rings is 2. The molecule has 2 heterocycles. The molecule has 7 nitrogen and oxygen atoms in total. The molecule has 0 bridgehead atoms. The molecule has 2 aliphatic heterocycles. The monoisotopic (exact) mass is 442 g/mol. The summed E-state index contributed by atoms with van der Waals surface area (Å²) in [6, 6.07) is 12.1. The van der Waals surface area contributed by atoms with E-state index in [1.807, 2.05) is 24.3 Å². The van der Waals surface area contributed by atoms with Gasteiger partial charge in [0.25, 0.3) is 5.91 Å². The average molecular weight is 443 g/mol. The van der Waals surface area contributed by atoms with Gasteiger partial charge < -0.3 is 24.6 Å². The van der Waals surface area contributed by atoms with Gasteiger partial charge in [-0.1, -0.05) is 0 Å². The molecule has 0 saturated carbocycles. The third-order valence-corrected chi connectivity index (χ3v) is 5.96. The molecule has 2 saturated heterocycles. The van der Waals surface area contributed by atoms with Gasteiger partial charge in [0.05, 0.1) is 13.2 Å². The number of likely N-dealkylation sites (N-methyl/N-ethyl adjacent to an activating group) is 1. The highest BCUT2D eigenvalue weighted by Crippen LogP contribution is 2.22. The first-order valence-corrected chi connectivity index (χ1v) is 11.2. The molecule has 172 valence electrons. The van der Waals surface area contributed by atoms with E-state index in [1.165, 1.54) is 12.1 Å². The zero-order valence-electron chi connectivity index (χ0n) is 18.6. The van der Waals surface area contributed by atoms with Gasteiger partial charge in [-0.2, -0.15) is 0 Å². The minimum Gasteiger partial charge on any atom is -0.489 e. The lowest BCUT2D eigenvalue weighted by molar-refractivity contribution is 0.0320. The summed E-state index contributed by atoms with van der Waals surface area (Å²) in [6.07, 6.45) is 0. The second kappa shape index (κ2) is 10.8. The number of carbonyl (C=O) groups is 1. The Balaban J connectivity index is 1.28. The van der Waals surface area contributed by atoms with Crippen molar-refractivity contribution >= 4 is 17.3 Å². The Bertz CT molecular complexity index is 895. The van der Waals surface area contributed by atoms with Crippen LogP contribution in [0.25, 0.3) is 0 Å². The number of rotatable bonds is 7. The molecule has 2 fully saturated rings. The molecule has 1 amide bonds. The molecule has 2 aromatic carbocycles. The zero-order chi connectivity index (χ0) is 22.3. The van der Waals surface area contributed by atoms with Crippen LogP contribution in [0.1, 0.15) is 10.4 Å². The van der Waals surface area contributed by atoms with Gasteiger partial charge in [0.1, 0.15) is 6.61 Å². The number of nitrogens with one attached hydrogen (secondary N) is 1. The minimum absolute atomic E-state index is 0.159. The van der Waals surface area contributed by atoms with Crippen LogP contribution in [-0.4, -0.2) is 88.4 Å². The molecule has 0 spiro atoms. The number of hydrogen-bond acceptors (Lipinski definition) is 6. The summed E-state index contributed by atoms with van der Waals surface area (Å²) in [5.41, 5.74) is 2.08. The van der Waals surface area contributed by atoms with E-state index in [4.69, 9.17) is 9.47 Å². The standard InChI is InChI=1S/C24H31FN4O3/c1-27-8-10-29(11-9-27)21-5-3-20(4-6-21)26-24(30)19-2-7-23(22(25)18-19)32-17-14-28-12-15-31-16-13-28/h2-7,18H,8-17H2,1H3,(H,26,30). The van der Waals surface area contributed by atoms with Crippen molar-refractivity contribution in [2.75, 3.05) is 82.9 Å². The van der Waals surface area contributed by atoms with Crippen LogP contribution in [0.4, 0.5) is 15.8 Å². The van der Waals surface area contributed by atoms with Gasteiger partial charge in [0.15, 0.2) is 11.6 Å². The predicted molar refractivity (Wildman–Crippen MR) is 123 cm³/mol. The molecular formula is C24H31FN4O3. The van der Waals surface area contributed by atoms with Gasteiger partial charge in [-0.3, -0.25) is 9.69 Å². The number of amides is 1. The number of nitrogens with zero attached hydrogens (tertiary/aromatic N) is 3. The second-order valence-electron chi connectivity index (χ2n) is 8.24. The van der Waals surface area contributed by atoms with Crippen LogP contribution in [0.3, 0.4) is 0 Å². The first-order chi connectivity index (χ1) is 15.6. The fourth-order valence-electron chi connectivity index (χ4n) is 3.89. The number of hydrogen-bond donors (Lipinski definition) is 1. The Morgan fingerprint density at radius 2 is 1.75 bits per heavy atom. The van der Waals surface area contributed by atoms with Gasteiger partial charge in [-0.05, 0) is 49.5 Å². The zero-order valence-corrected chi connectivity index (χ0v) is 18.6. The van der Waals surface area contributed by atoms with Crippen molar-refractivity contribution in [1.29, 1.82) is 0 Å². The molecule has 2 aromatic rings. The van der Waals surface area contributed by atoms with Gasteiger partial charge in [-0.15, -0.1) is 0 Å². The highest BCUT2D eigenvalue weighted by molar-refractivity contribution is 6.04. The summed E-state index contributed by atoms with van der Waals surface area (Å²) in [7, 11) is 2.13. The Labute approximate surface area is 188 Å². The molecule has 0 aromatic heterocycles. The lowest BCUT2D eigenvalue weighted by Crippen LogP contribution is -2.44. The first kappa shape index (κ1) is 22.5. The molecule has 4 rings (SSSR count). The molecule has 8 heteroatoms. The van der Waals surface area contributed by atoms with Crippen molar-refractivity contribution in [3.05, 3.63) is 53.8 Å². The van der Waals surface area contributed by atoms with Crippen molar-refractivity contribution in [3.8, 4) is 5.75 Å². The van der Waals surface area contributed by atoms with Crippen LogP contribution in [0, 0.1) is 5.82 Å². The van der Waals surface area contributed by atoms with E-state index in [1.54, 1.807) is 6.07 Å². The lowest BCUT2D eigenvalue weighted by atomic mass is 10.2. The van der Waals surface area contributed by atoms with E-state index >= 15 is 0 Å². The van der Waals surface area contributed by atoms with Crippen molar-refractivity contribution in [3.63, 3.8) is 0 Å². The molecule has 2 aliphatic rings. The fourth-order valence-corrected chi connectivity index (χ4v) is 3.89. The van der Waals surface area contributed by atoms with E-state index in [9.17, 15) is 9.18 Å². The van der Waals surface area contributed by atoms with E-state index in [-0.39, 0.29) is 17.2 Å². The molecule has 32 heavy (non-hydrogen) atoms. The third kappa shape index (κ3) is 5.97. The normalized spacial score (nSPS) is 17.9. The van der Waals surface area contributed by atoms with Crippen molar-refractivity contribution in [2.45, 2.75) is 0 Å². The Morgan fingerprint density at radius 3 is 2.44 bits per heavy atom. The first-order valence-electron chi connectivity index (χ1n) is 11.2. The Kier molecular flexibility index (Phi) is 7.57. The quantitative estimate of drug-likeness (QED) is 0.711. The fraction of sp³-hybridized carbons (Fsp3) is 0.458. The molecule has 0 unspecified atom stereocenters. The lowest BCUT2D eigenvalue weighted by Gasteiger charge is -2.34. The number of ether oxygens (including phenoxy) is 2. The van der Waals surface area contributed by atoms with Crippen molar-refractivity contribution in [1.82, 2.24) is 9.80 Å². The summed E-state index contributed by atoms with van der Waals surface area (Å²) < 4.78 is 25.3. The topological polar surface area (TPSA) is 57.3 Å². The van der Waals surface area contributed by atoms with Gasteiger partial charge in [0, 0.05) is 62.8 Å². The van der Waals surface area contributed by atoms with E-state index in [0.717, 1.165) is 64.7 Å². The summed E-state index contributed by atoms with van der Waals surface area (Å²) in [4.78, 5) is 19.4. The van der Waals surface area contributed by atoms with Crippen LogP contribution >= 0.6 is 0 Å². The van der Waals surface area contributed by atoms with E-state index in [0.29, 0.717) is 12.3 Å². The smallest absolute Gasteiger partial charge is 0.255 e.